The number of halogens is 2. The van der Waals surface area contributed by atoms with Crippen LogP contribution in [0.5, 0.6) is 0 Å². The molecule has 27 heavy (non-hydrogen) atoms. The van der Waals surface area contributed by atoms with Gasteiger partial charge in [-0.1, -0.05) is 24.2 Å². The number of anilines is 2. The third-order valence-electron chi connectivity index (χ3n) is 4.82. The molecule has 0 amide bonds. The monoisotopic (exact) mass is 409 g/mol. The number of hydrogen-bond acceptors (Lipinski definition) is 5. The van der Waals surface area contributed by atoms with Crippen LogP contribution in [0.2, 0.25) is 5.15 Å². The Bertz CT molecular complexity index is 962. The van der Waals surface area contributed by atoms with E-state index in [9.17, 15) is 4.79 Å². The molecule has 0 aliphatic heterocycles. The molecule has 0 radical (unpaired) electrons. The molecule has 1 fully saturated rings. The fraction of sp³-hybridized carbons (Fsp3) is 0.389. The molecule has 144 valence electrons. The van der Waals surface area contributed by atoms with Gasteiger partial charge in [0.1, 0.15) is 0 Å². The molecule has 1 saturated carbocycles. The lowest BCUT2D eigenvalue weighted by Gasteiger charge is -2.22. The number of hydrogen-bond donors (Lipinski definition) is 2. The maximum absolute atomic E-state index is 12.5. The van der Waals surface area contributed by atoms with E-state index in [-0.39, 0.29) is 23.5 Å². The average molecular weight is 410 g/mol. The number of aromatic nitrogens is 3. The summed E-state index contributed by atoms with van der Waals surface area (Å²) in [6.45, 7) is 1.48. The zero-order chi connectivity index (χ0) is 18.3. The number of nitrogens with zero attached hydrogens (tertiary/aromatic N) is 3. The van der Waals surface area contributed by atoms with Crippen LogP contribution in [0, 0.1) is 0 Å². The highest BCUT2D eigenvalue weighted by atomic mass is 35.5. The minimum atomic E-state index is -0.195. The van der Waals surface area contributed by atoms with E-state index < -0.39 is 0 Å². The lowest BCUT2D eigenvalue weighted by Crippen LogP contribution is -3.00. The molecule has 3 N–H and O–H groups in total. The van der Waals surface area contributed by atoms with E-state index in [0.29, 0.717) is 34.9 Å². The number of imidazole rings is 1. The molecule has 3 aromatic heterocycles. The van der Waals surface area contributed by atoms with E-state index in [1.54, 1.807) is 22.8 Å². The fourth-order valence-electron chi connectivity index (χ4n) is 3.68. The number of nitrogens with one attached hydrogen (secondary N) is 1. The largest absolute Gasteiger partial charge is 1.00 e. The summed E-state index contributed by atoms with van der Waals surface area (Å²) in [5.41, 5.74) is 6.85. The van der Waals surface area contributed by atoms with Crippen molar-refractivity contribution in [3.8, 4) is 11.5 Å². The number of furan rings is 1. The Balaban J connectivity index is 0.00000210. The fourth-order valence-corrected chi connectivity index (χ4v) is 3.87. The van der Waals surface area contributed by atoms with Gasteiger partial charge in [0, 0.05) is 19.0 Å². The Labute approximate surface area is 167 Å². The average Bonchev–Trinajstić information content (AvgIpc) is 3.21. The molecule has 0 unspecified atom stereocenters. The summed E-state index contributed by atoms with van der Waals surface area (Å²) < 4.78 is 8.84. The number of nitrogen functional groups attached to an aromatic ring is 1. The van der Waals surface area contributed by atoms with Crippen LogP contribution < -0.4 is 28.0 Å². The molecule has 0 bridgehead atoms. The van der Waals surface area contributed by atoms with Gasteiger partial charge in [0.25, 0.3) is 5.91 Å². The molecule has 0 saturated heterocycles. The molecule has 7 nitrogen and oxygen atoms in total. The van der Waals surface area contributed by atoms with Crippen LogP contribution in [-0.4, -0.2) is 21.3 Å². The number of carbonyl (C=O) groups excluding carboxylic acids is 1. The summed E-state index contributed by atoms with van der Waals surface area (Å²) in [6.07, 6.45) is 7.35. The van der Waals surface area contributed by atoms with E-state index in [1.165, 1.54) is 30.8 Å². The Hall–Kier alpha value is -2.25. The Morgan fingerprint density at radius 3 is 2.78 bits per heavy atom. The van der Waals surface area contributed by atoms with Crippen molar-refractivity contribution in [3.63, 3.8) is 0 Å². The number of rotatable bonds is 3. The summed E-state index contributed by atoms with van der Waals surface area (Å²) in [5, 5.41) is 3.82. The van der Waals surface area contributed by atoms with Gasteiger partial charge in [0.2, 0.25) is 16.7 Å². The van der Waals surface area contributed by atoms with Crippen molar-refractivity contribution >= 4 is 34.9 Å². The topological polar surface area (TPSA) is 89.4 Å². The molecule has 0 aromatic carbocycles. The first-order valence-corrected chi connectivity index (χ1v) is 9.18. The molecular formula is C18H21Cl2N5O2. The van der Waals surface area contributed by atoms with Crippen molar-refractivity contribution in [1.29, 1.82) is 0 Å². The van der Waals surface area contributed by atoms with Gasteiger partial charge in [-0.2, -0.15) is 8.97 Å². The van der Waals surface area contributed by atoms with Crippen molar-refractivity contribution < 1.29 is 26.2 Å². The van der Waals surface area contributed by atoms with Crippen LogP contribution in [0.4, 0.5) is 11.6 Å². The third-order valence-corrected chi connectivity index (χ3v) is 5.01. The van der Waals surface area contributed by atoms with Crippen LogP contribution in [0.1, 0.15) is 43.8 Å². The maximum Gasteiger partial charge on any atom is 0.416 e. The van der Waals surface area contributed by atoms with Crippen molar-refractivity contribution in [1.82, 2.24) is 9.38 Å². The third kappa shape index (κ3) is 3.49. The van der Waals surface area contributed by atoms with Crippen LogP contribution in [0.3, 0.4) is 0 Å². The predicted octanol–water partition coefficient (Wildman–Crippen LogP) is 0.526. The summed E-state index contributed by atoms with van der Waals surface area (Å²) in [7, 11) is 0. The Kier molecular flexibility index (Phi) is 5.62. The number of nitrogens with two attached hydrogens (primary N) is 1. The molecule has 1 aliphatic rings. The zero-order valence-electron chi connectivity index (χ0n) is 14.9. The van der Waals surface area contributed by atoms with Crippen LogP contribution in [-0.2, 0) is 0 Å². The van der Waals surface area contributed by atoms with E-state index in [0.717, 1.165) is 12.8 Å². The van der Waals surface area contributed by atoms with Gasteiger partial charge in [-0.3, -0.25) is 4.79 Å². The van der Waals surface area contributed by atoms with Gasteiger partial charge in [-0.25, -0.2) is 0 Å². The van der Waals surface area contributed by atoms with E-state index in [2.05, 4.69) is 10.3 Å². The molecule has 1 aliphatic carbocycles. The minimum absolute atomic E-state index is 0. The summed E-state index contributed by atoms with van der Waals surface area (Å²) in [5.74, 6) is 1.86. The van der Waals surface area contributed by atoms with Crippen LogP contribution in [0.25, 0.3) is 17.2 Å². The van der Waals surface area contributed by atoms with Crippen LogP contribution in [0.15, 0.2) is 28.9 Å². The highest BCUT2D eigenvalue weighted by Gasteiger charge is 2.34. The molecular weight excluding hydrogens is 389 g/mol. The van der Waals surface area contributed by atoms with Crippen LogP contribution >= 0.6 is 11.6 Å². The summed E-state index contributed by atoms with van der Waals surface area (Å²) in [4.78, 5) is 16.8. The molecule has 4 rings (SSSR count). The van der Waals surface area contributed by atoms with Gasteiger partial charge in [0.05, 0.1) is 6.26 Å². The number of carbonyl (C=O) groups is 1. The van der Waals surface area contributed by atoms with Gasteiger partial charge >= 0.3 is 5.78 Å². The lowest BCUT2D eigenvalue weighted by atomic mass is 9.95. The first kappa shape index (κ1) is 19.5. The Morgan fingerprint density at radius 1 is 1.41 bits per heavy atom. The highest BCUT2D eigenvalue weighted by molar-refractivity contribution is 6.29. The van der Waals surface area contributed by atoms with E-state index >= 15 is 0 Å². The normalized spacial score (nSPS) is 14.9. The highest BCUT2D eigenvalue weighted by Crippen LogP contribution is 2.32. The second-order valence-corrected chi connectivity index (χ2v) is 7.03. The molecule has 0 spiro atoms. The van der Waals surface area contributed by atoms with Crippen molar-refractivity contribution in [3.05, 3.63) is 29.6 Å². The second kappa shape index (κ2) is 7.78. The SMILES string of the molecule is CC(=O)[n+]1c(-c2ccco2)c(NC2CCCCC2)n2c(N)cc(Cl)nc21.[Cl-]. The van der Waals surface area contributed by atoms with Gasteiger partial charge in [0.15, 0.2) is 11.6 Å². The molecule has 9 heteroatoms. The number of fused-ring (bicyclic) bond motifs is 1. The molecule has 3 aromatic rings. The van der Waals surface area contributed by atoms with E-state index in [4.69, 9.17) is 21.8 Å². The van der Waals surface area contributed by atoms with Crippen molar-refractivity contribution in [2.24, 2.45) is 0 Å². The van der Waals surface area contributed by atoms with Crippen molar-refractivity contribution in [2.75, 3.05) is 11.1 Å². The standard InChI is InChI=1S/C18H20ClN5O2.ClH/c1-11(25)23-16(13-8-5-9-26-13)17(21-12-6-3-2-4-7-12)24-15(20)10-14(19)22-18(23)24;/h5,8-10,12,20-21H,2-4,6-7H2,1H3;1H. The predicted molar refractivity (Wildman–Crippen MR) is 99.3 cm³/mol. The molecule has 0 atom stereocenters. The van der Waals surface area contributed by atoms with Crippen molar-refractivity contribution in [2.45, 2.75) is 45.1 Å². The van der Waals surface area contributed by atoms with E-state index in [1.807, 2.05) is 6.07 Å². The Morgan fingerprint density at radius 2 is 2.15 bits per heavy atom. The second-order valence-electron chi connectivity index (χ2n) is 6.65. The first-order valence-electron chi connectivity index (χ1n) is 8.80. The summed E-state index contributed by atoms with van der Waals surface area (Å²) in [6, 6.07) is 5.50. The van der Waals surface area contributed by atoms with Gasteiger partial charge < -0.3 is 27.9 Å². The lowest BCUT2D eigenvalue weighted by molar-refractivity contribution is -0.535. The molecule has 3 heterocycles. The maximum atomic E-state index is 12.5. The van der Waals surface area contributed by atoms with Gasteiger partial charge in [-0.15, -0.1) is 0 Å². The smallest absolute Gasteiger partial charge is 0.416 e. The first-order chi connectivity index (χ1) is 12.6. The summed E-state index contributed by atoms with van der Waals surface area (Å²) >= 11 is 6.11. The minimum Gasteiger partial charge on any atom is -1.00 e. The quantitative estimate of drug-likeness (QED) is 0.486. The zero-order valence-corrected chi connectivity index (χ0v) is 16.4. The van der Waals surface area contributed by atoms with Gasteiger partial charge in [-0.05, 0) is 36.6 Å².